The first-order valence-electron chi connectivity index (χ1n) is 3.74. The third-order valence-electron chi connectivity index (χ3n) is 1.80. The van der Waals surface area contributed by atoms with Gasteiger partial charge in [0, 0.05) is 25.5 Å². The van der Waals surface area contributed by atoms with Gasteiger partial charge in [0.1, 0.15) is 0 Å². The van der Waals surface area contributed by atoms with Crippen LogP contribution in [-0.4, -0.2) is 5.78 Å². The first-order chi connectivity index (χ1) is 5.54. The predicted octanol–water partition coefficient (Wildman–Crippen LogP) is 1.14. The minimum absolute atomic E-state index is 0.189. The van der Waals surface area contributed by atoms with E-state index in [9.17, 15) is 10.0 Å². The number of carbonyl (C=O) groups is 1. The van der Waals surface area contributed by atoms with Gasteiger partial charge >= 0.3 is 0 Å². The van der Waals surface area contributed by atoms with Crippen molar-refractivity contribution in [3.8, 4) is 0 Å². The SMILES string of the molecule is CC(=O)c1c(C)ccc(C)[n+]1[O-]. The van der Waals surface area contributed by atoms with Crippen molar-refractivity contribution in [1.29, 1.82) is 0 Å². The lowest BCUT2D eigenvalue weighted by Crippen LogP contribution is -2.37. The fourth-order valence-corrected chi connectivity index (χ4v) is 1.15. The quantitative estimate of drug-likeness (QED) is 0.356. The summed E-state index contributed by atoms with van der Waals surface area (Å²) in [6.45, 7) is 4.83. The molecule has 3 nitrogen and oxygen atoms in total. The Bertz CT molecular complexity index is 332. The normalized spacial score (nSPS) is 9.92. The van der Waals surface area contributed by atoms with Crippen LogP contribution in [-0.2, 0) is 0 Å². The van der Waals surface area contributed by atoms with Crippen LogP contribution in [0.15, 0.2) is 12.1 Å². The van der Waals surface area contributed by atoms with E-state index in [1.54, 1.807) is 26.0 Å². The molecule has 0 radical (unpaired) electrons. The minimum atomic E-state index is -0.189. The largest absolute Gasteiger partial charge is 0.618 e. The van der Waals surface area contributed by atoms with E-state index in [4.69, 9.17) is 0 Å². The Hall–Kier alpha value is -1.38. The van der Waals surface area contributed by atoms with Gasteiger partial charge in [-0.1, -0.05) is 0 Å². The van der Waals surface area contributed by atoms with Crippen LogP contribution in [0.5, 0.6) is 0 Å². The maximum atomic E-state index is 11.3. The summed E-state index contributed by atoms with van der Waals surface area (Å²) in [5, 5.41) is 11.3. The lowest BCUT2D eigenvalue weighted by atomic mass is 10.1. The maximum Gasteiger partial charge on any atom is 0.262 e. The molecule has 0 bridgehead atoms. The number of nitrogens with zero attached hydrogens (tertiary/aromatic N) is 1. The van der Waals surface area contributed by atoms with Gasteiger partial charge in [-0.2, -0.15) is 4.73 Å². The van der Waals surface area contributed by atoms with E-state index < -0.39 is 0 Å². The van der Waals surface area contributed by atoms with Crippen molar-refractivity contribution in [3.63, 3.8) is 0 Å². The molecular formula is C9H11NO2. The number of aryl methyl sites for hydroxylation is 2. The molecule has 0 amide bonds. The van der Waals surface area contributed by atoms with Gasteiger partial charge in [-0.25, -0.2) is 0 Å². The Morgan fingerprint density at radius 3 is 2.42 bits per heavy atom. The van der Waals surface area contributed by atoms with Gasteiger partial charge in [-0.3, -0.25) is 4.79 Å². The molecule has 1 rings (SSSR count). The number of rotatable bonds is 1. The van der Waals surface area contributed by atoms with E-state index in [0.29, 0.717) is 10.4 Å². The Balaban J connectivity index is 3.43. The predicted molar refractivity (Wildman–Crippen MR) is 44.9 cm³/mol. The zero-order chi connectivity index (χ0) is 9.30. The molecule has 12 heavy (non-hydrogen) atoms. The third-order valence-corrected chi connectivity index (χ3v) is 1.80. The van der Waals surface area contributed by atoms with E-state index in [0.717, 1.165) is 5.56 Å². The molecule has 1 aromatic rings. The van der Waals surface area contributed by atoms with Crippen LogP contribution in [0.2, 0.25) is 0 Å². The molecule has 0 spiro atoms. The molecule has 0 N–H and O–H groups in total. The summed E-state index contributed by atoms with van der Waals surface area (Å²) < 4.78 is 0.678. The first kappa shape index (κ1) is 8.71. The summed E-state index contributed by atoms with van der Waals surface area (Å²) in [5.41, 5.74) is 1.52. The molecule has 64 valence electrons. The zero-order valence-corrected chi connectivity index (χ0v) is 7.42. The highest BCUT2D eigenvalue weighted by molar-refractivity contribution is 5.92. The molecule has 0 aliphatic rings. The van der Waals surface area contributed by atoms with E-state index >= 15 is 0 Å². The molecule has 1 heterocycles. The molecule has 0 fully saturated rings. The van der Waals surface area contributed by atoms with Crippen LogP contribution in [0.1, 0.15) is 28.7 Å². The molecular weight excluding hydrogens is 154 g/mol. The highest BCUT2D eigenvalue weighted by Crippen LogP contribution is 2.04. The summed E-state index contributed by atoms with van der Waals surface area (Å²) in [7, 11) is 0. The highest BCUT2D eigenvalue weighted by Gasteiger charge is 2.15. The second-order valence-corrected chi connectivity index (χ2v) is 2.86. The molecule has 0 saturated heterocycles. The summed E-state index contributed by atoms with van der Waals surface area (Å²) >= 11 is 0. The average Bonchev–Trinajstić information content (AvgIpc) is 1.97. The van der Waals surface area contributed by atoms with Gasteiger partial charge < -0.3 is 5.21 Å². The number of hydrogen-bond acceptors (Lipinski definition) is 2. The molecule has 3 heteroatoms. The van der Waals surface area contributed by atoms with E-state index in [1.807, 2.05) is 0 Å². The van der Waals surface area contributed by atoms with Crippen molar-refractivity contribution >= 4 is 5.78 Å². The molecule has 0 saturated carbocycles. The summed E-state index contributed by atoms with van der Waals surface area (Å²) in [4.78, 5) is 11.0. The average molecular weight is 165 g/mol. The zero-order valence-electron chi connectivity index (χ0n) is 7.42. The van der Waals surface area contributed by atoms with Crippen LogP contribution in [0.25, 0.3) is 0 Å². The van der Waals surface area contributed by atoms with Crippen molar-refractivity contribution in [2.75, 3.05) is 0 Å². The molecule has 0 aliphatic carbocycles. The third kappa shape index (κ3) is 1.30. The number of carbonyl (C=O) groups excluding carboxylic acids is 1. The van der Waals surface area contributed by atoms with Crippen LogP contribution >= 0.6 is 0 Å². The van der Waals surface area contributed by atoms with Gasteiger partial charge in [0.25, 0.3) is 5.69 Å². The number of pyridine rings is 1. The van der Waals surface area contributed by atoms with Crippen molar-refractivity contribution in [2.24, 2.45) is 0 Å². The molecule has 1 aromatic heterocycles. The number of hydrogen-bond donors (Lipinski definition) is 0. The van der Waals surface area contributed by atoms with Crippen LogP contribution in [0.4, 0.5) is 0 Å². The Morgan fingerprint density at radius 1 is 1.42 bits per heavy atom. The van der Waals surface area contributed by atoms with Gasteiger partial charge in [0.05, 0.1) is 0 Å². The summed E-state index contributed by atoms with van der Waals surface area (Å²) in [6.07, 6.45) is 0. The second kappa shape index (κ2) is 2.93. The lowest BCUT2D eigenvalue weighted by molar-refractivity contribution is -0.614. The molecule has 0 aliphatic heterocycles. The fourth-order valence-electron chi connectivity index (χ4n) is 1.15. The highest BCUT2D eigenvalue weighted by atomic mass is 16.5. The second-order valence-electron chi connectivity index (χ2n) is 2.86. The topological polar surface area (TPSA) is 44.0 Å². The van der Waals surface area contributed by atoms with E-state index in [2.05, 4.69) is 0 Å². The number of ketones is 1. The van der Waals surface area contributed by atoms with Gasteiger partial charge in [0.15, 0.2) is 5.69 Å². The van der Waals surface area contributed by atoms with Gasteiger partial charge in [0.2, 0.25) is 5.78 Å². The van der Waals surface area contributed by atoms with Crippen molar-refractivity contribution in [1.82, 2.24) is 0 Å². The lowest BCUT2D eigenvalue weighted by Gasteiger charge is -2.06. The summed E-state index contributed by atoms with van der Waals surface area (Å²) in [6, 6.07) is 3.48. The fraction of sp³-hybridized carbons (Fsp3) is 0.333. The Labute approximate surface area is 71.2 Å². The summed E-state index contributed by atoms with van der Waals surface area (Å²) in [5.74, 6) is -0.189. The van der Waals surface area contributed by atoms with Crippen molar-refractivity contribution < 1.29 is 9.52 Å². The van der Waals surface area contributed by atoms with Crippen LogP contribution in [0.3, 0.4) is 0 Å². The monoisotopic (exact) mass is 165 g/mol. The van der Waals surface area contributed by atoms with E-state index in [1.165, 1.54) is 6.92 Å². The smallest absolute Gasteiger partial charge is 0.262 e. The van der Waals surface area contributed by atoms with Crippen LogP contribution < -0.4 is 4.73 Å². The molecule has 0 atom stereocenters. The van der Waals surface area contributed by atoms with Gasteiger partial charge in [-0.05, 0) is 13.0 Å². The van der Waals surface area contributed by atoms with E-state index in [-0.39, 0.29) is 11.5 Å². The minimum Gasteiger partial charge on any atom is -0.618 e. The Kier molecular flexibility index (Phi) is 2.13. The van der Waals surface area contributed by atoms with Gasteiger partial charge in [-0.15, -0.1) is 0 Å². The number of Topliss-reactive ketones (excluding diaryl/α,β-unsaturated/α-hetero) is 1. The standard InChI is InChI=1S/C9H11NO2/c1-6-4-5-7(2)10(12)9(6)8(3)11/h4-5H,1-3H3. The van der Waals surface area contributed by atoms with Crippen LogP contribution in [0, 0.1) is 19.1 Å². The Morgan fingerprint density at radius 2 is 2.00 bits per heavy atom. The van der Waals surface area contributed by atoms with Crippen molar-refractivity contribution in [2.45, 2.75) is 20.8 Å². The number of aromatic nitrogens is 1. The maximum absolute atomic E-state index is 11.3. The molecule has 0 unspecified atom stereocenters. The molecule has 0 aromatic carbocycles. The van der Waals surface area contributed by atoms with Crippen molar-refractivity contribution in [3.05, 3.63) is 34.3 Å². The first-order valence-corrected chi connectivity index (χ1v) is 3.74.